The first-order valence-electron chi connectivity index (χ1n) is 6.57. The normalized spacial score (nSPS) is 12.3. The maximum absolute atomic E-state index is 13.3. The third kappa shape index (κ3) is 3.49. The average molecular weight is 328 g/mol. The van der Waals surface area contributed by atoms with Gasteiger partial charge in [0.15, 0.2) is 0 Å². The first-order valence-corrected chi connectivity index (χ1v) is 7.33. The maximum atomic E-state index is 13.3. The number of nitrogens with two attached hydrogens (primary N) is 1. The zero-order chi connectivity index (χ0) is 15.6. The van der Waals surface area contributed by atoms with Gasteiger partial charge in [0, 0.05) is 11.1 Å². The minimum absolute atomic E-state index is 0.262. The fraction of sp³-hybridized carbons (Fsp3) is 0.250. The maximum Gasteiger partial charge on any atom is 0.139 e. The van der Waals surface area contributed by atoms with Crippen molar-refractivity contribution in [3.63, 3.8) is 0 Å². The molecule has 0 aliphatic rings. The van der Waals surface area contributed by atoms with Gasteiger partial charge in [0.25, 0.3) is 0 Å². The second-order valence-corrected chi connectivity index (χ2v) is 5.54. The lowest BCUT2D eigenvalue weighted by atomic mass is 9.98. The van der Waals surface area contributed by atoms with E-state index in [1.165, 1.54) is 6.07 Å². The molecule has 0 saturated carbocycles. The van der Waals surface area contributed by atoms with Gasteiger partial charge in [-0.05, 0) is 42.7 Å². The molecule has 0 radical (unpaired) electrons. The van der Waals surface area contributed by atoms with Crippen LogP contribution in [0.25, 0.3) is 0 Å². The van der Waals surface area contributed by atoms with Gasteiger partial charge in [-0.1, -0.05) is 35.3 Å². The van der Waals surface area contributed by atoms with Gasteiger partial charge in [-0.15, -0.1) is 0 Å². The second kappa shape index (κ2) is 6.65. The zero-order valence-electron chi connectivity index (χ0n) is 11.8. The van der Waals surface area contributed by atoms with Gasteiger partial charge in [0.05, 0.1) is 17.7 Å². The van der Waals surface area contributed by atoms with Crippen molar-refractivity contribution in [2.45, 2.75) is 19.9 Å². The van der Waals surface area contributed by atoms with Crippen molar-refractivity contribution in [2.75, 3.05) is 6.61 Å². The Hall–Kier alpha value is -1.29. The predicted octanol–water partition coefficient (Wildman–Crippen LogP) is 4.89. The predicted molar refractivity (Wildman–Crippen MR) is 84.8 cm³/mol. The Bertz CT molecular complexity index is 661. The molecule has 0 amide bonds. The van der Waals surface area contributed by atoms with Crippen LogP contribution in [-0.2, 0) is 0 Å². The Labute approximate surface area is 133 Å². The van der Waals surface area contributed by atoms with Gasteiger partial charge in [-0.25, -0.2) is 4.39 Å². The number of hydrogen-bond acceptors (Lipinski definition) is 2. The summed E-state index contributed by atoms with van der Waals surface area (Å²) >= 11 is 12.4. The van der Waals surface area contributed by atoms with Crippen molar-refractivity contribution < 1.29 is 9.13 Å². The standard InChI is InChI=1S/C16H16Cl2FNO/c1-3-21-15-8-12(17)11(7-13(15)18)16(20)10-4-5-14(19)9(2)6-10/h4-8,16H,3,20H2,1-2H3. The molecule has 1 atom stereocenters. The highest BCUT2D eigenvalue weighted by molar-refractivity contribution is 6.34. The molecular formula is C16H16Cl2FNO. The summed E-state index contributed by atoms with van der Waals surface area (Å²) in [7, 11) is 0. The number of halogens is 3. The Morgan fingerprint density at radius 3 is 2.52 bits per heavy atom. The molecular weight excluding hydrogens is 312 g/mol. The van der Waals surface area contributed by atoms with Gasteiger partial charge < -0.3 is 10.5 Å². The van der Waals surface area contributed by atoms with Crippen LogP contribution in [0.4, 0.5) is 4.39 Å². The van der Waals surface area contributed by atoms with Crippen LogP contribution in [0.2, 0.25) is 10.0 Å². The number of ether oxygens (including phenoxy) is 1. The van der Waals surface area contributed by atoms with Crippen LogP contribution in [0.3, 0.4) is 0 Å². The summed E-state index contributed by atoms with van der Waals surface area (Å²) in [6.45, 7) is 4.06. The molecule has 0 saturated heterocycles. The quantitative estimate of drug-likeness (QED) is 0.867. The van der Waals surface area contributed by atoms with Gasteiger partial charge in [0.2, 0.25) is 0 Å². The topological polar surface area (TPSA) is 35.2 Å². The van der Waals surface area contributed by atoms with E-state index in [0.717, 1.165) is 5.56 Å². The van der Waals surface area contributed by atoms with Gasteiger partial charge in [-0.2, -0.15) is 0 Å². The average Bonchev–Trinajstić information content (AvgIpc) is 2.45. The second-order valence-electron chi connectivity index (χ2n) is 4.72. The molecule has 0 fully saturated rings. The molecule has 2 N–H and O–H groups in total. The molecule has 2 rings (SSSR count). The van der Waals surface area contributed by atoms with Crippen molar-refractivity contribution in [1.29, 1.82) is 0 Å². The van der Waals surface area contributed by atoms with E-state index in [2.05, 4.69) is 0 Å². The molecule has 1 unspecified atom stereocenters. The zero-order valence-corrected chi connectivity index (χ0v) is 13.3. The largest absolute Gasteiger partial charge is 0.492 e. The number of hydrogen-bond donors (Lipinski definition) is 1. The minimum atomic E-state index is -0.482. The van der Waals surface area contributed by atoms with Crippen LogP contribution in [-0.4, -0.2) is 6.61 Å². The van der Waals surface area contributed by atoms with Crippen LogP contribution in [0.5, 0.6) is 5.75 Å². The molecule has 2 aromatic carbocycles. The first kappa shape index (κ1) is 16.1. The molecule has 21 heavy (non-hydrogen) atoms. The summed E-state index contributed by atoms with van der Waals surface area (Å²) in [5.74, 6) is 0.261. The number of benzene rings is 2. The third-order valence-corrected chi connectivity index (χ3v) is 3.85. The van der Waals surface area contributed by atoms with Crippen molar-refractivity contribution in [1.82, 2.24) is 0 Å². The van der Waals surface area contributed by atoms with Crippen LogP contribution < -0.4 is 10.5 Å². The van der Waals surface area contributed by atoms with Crippen molar-refractivity contribution in [3.05, 3.63) is 62.9 Å². The fourth-order valence-electron chi connectivity index (χ4n) is 2.09. The third-order valence-electron chi connectivity index (χ3n) is 3.23. The van der Waals surface area contributed by atoms with E-state index in [0.29, 0.717) is 33.5 Å². The Morgan fingerprint density at radius 1 is 1.19 bits per heavy atom. The monoisotopic (exact) mass is 327 g/mol. The summed E-state index contributed by atoms with van der Waals surface area (Å²) in [5.41, 5.74) is 8.21. The van der Waals surface area contributed by atoms with E-state index in [1.54, 1.807) is 31.2 Å². The highest BCUT2D eigenvalue weighted by atomic mass is 35.5. The smallest absolute Gasteiger partial charge is 0.139 e. The molecule has 0 aliphatic carbocycles. The molecule has 0 aliphatic heterocycles. The summed E-state index contributed by atoms with van der Waals surface area (Å²) in [4.78, 5) is 0. The van der Waals surface area contributed by atoms with Crippen LogP contribution in [0, 0.1) is 12.7 Å². The van der Waals surface area contributed by atoms with Crippen LogP contribution in [0.1, 0.15) is 29.7 Å². The Morgan fingerprint density at radius 2 is 1.90 bits per heavy atom. The van der Waals surface area contributed by atoms with Gasteiger partial charge >= 0.3 is 0 Å². The summed E-state index contributed by atoms with van der Waals surface area (Å²) in [6, 6.07) is 7.62. The van der Waals surface area contributed by atoms with Gasteiger partial charge in [0.1, 0.15) is 11.6 Å². The lowest BCUT2D eigenvalue weighted by molar-refractivity contribution is 0.340. The number of aryl methyl sites for hydroxylation is 1. The lowest BCUT2D eigenvalue weighted by Crippen LogP contribution is -2.13. The molecule has 112 valence electrons. The fourth-order valence-corrected chi connectivity index (χ4v) is 2.59. The highest BCUT2D eigenvalue weighted by Gasteiger charge is 2.16. The van der Waals surface area contributed by atoms with Crippen LogP contribution >= 0.6 is 23.2 Å². The van der Waals surface area contributed by atoms with Crippen molar-refractivity contribution in [2.24, 2.45) is 5.73 Å². The molecule has 0 bridgehead atoms. The van der Waals surface area contributed by atoms with E-state index >= 15 is 0 Å². The molecule has 0 spiro atoms. The van der Waals surface area contributed by atoms with Gasteiger partial charge in [-0.3, -0.25) is 0 Å². The highest BCUT2D eigenvalue weighted by Crippen LogP contribution is 2.35. The Kier molecular flexibility index (Phi) is 5.09. The van der Waals surface area contributed by atoms with Crippen LogP contribution in [0.15, 0.2) is 30.3 Å². The molecule has 2 nitrogen and oxygen atoms in total. The summed E-state index contributed by atoms with van der Waals surface area (Å²) in [6.07, 6.45) is 0. The van der Waals surface area contributed by atoms with E-state index in [9.17, 15) is 4.39 Å². The SMILES string of the molecule is CCOc1cc(Cl)c(C(N)c2ccc(F)c(C)c2)cc1Cl. The van der Waals surface area contributed by atoms with Crippen molar-refractivity contribution >= 4 is 23.2 Å². The van der Waals surface area contributed by atoms with Crippen molar-refractivity contribution in [3.8, 4) is 5.75 Å². The molecule has 0 heterocycles. The minimum Gasteiger partial charge on any atom is -0.492 e. The van der Waals surface area contributed by atoms with E-state index in [-0.39, 0.29) is 5.82 Å². The Balaban J connectivity index is 2.40. The molecule has 0 aromatic heterocycles. The summed E-state index contributed by atoms with van der Waals surface area (Å²) in [5, 5.41) is 0.919. The summed E-state index contributed by atoms with van der Waals surface area (Å²) < 4.78 is 18.7. The van der Waals surface area contributed by atoms with E-state index < -0.39 is 6.04 Å². The number of rotatable bonds is 4. The molecule has 2 aromatic rings. The van der Waals surface area contributed by atoms with E-state index in [1.807, 2.05) is 6.92 Å². The lowest BCUT2D eigenvalue weighted by Gasteiger charge is -2.17. The van der Waals surface area contributed by atoms with E-state index in [4.69, 9.17) is 33.7 Å². The first-order chi connectivity index (χ1) is 9.93. The molecule has 5 heteroatoms.